The van der Waals surface area contributed by atoms with Crippen LogP contribution in [0.5, 0.6) is 0 Å². The van der Waals surface area contributed by atoms with Crippen LogP contribution in [0, 0.1) is 18.6 Å². The summed E-state index contributed by atoms with van der Waals surface area (Å²) in [4.78, 5) is 0. The molecular formula is C18H19F2N. The number of aryl methyl sites for hydroxylation is 2. The molecule has 0 aliphatic heterocycles. The van der Waals surface area contributed by atoms with Crippen LogP contribution in [0.15, 0.2) is 36.4 Å². The molecule has 0 aromatic heterocycles. The molecule has 0 radical (unpaired) electrons. The van der Waals surface area contributed by atoms with Crippen molar-refractivity contribution in [2.75, 3.05) is 5.32 Å². The van der Waals surface area contributed by atoms with Gasteiger partial charge in [-0.15, -0.1) is 0 Å². The molecule has 1 aliphatic carbocycles. The summed E-state index contributed by atoms with van der Waals surface area (Å²) in [5.41, 5.74) is 3.09. The Bertz CT molecular complexity index is 652. The van der Waals surface area contributed by atoms with E-state index in [0.717, 1.165) is 25.7 Å². The van der Waals surface area contributed by atoms with E-state index in [1.165, 1.54) is 23.3 Å². The molecular weight excluding hydrogens is 268 g/mol. The third-order valence-corrected chi connectivity index (χ3v) is 4.20. The van der Waals surface area contributed by atoms with Crippen molar-refractivity contribution >= 4 is 5.69 Å². The second-order valence-electron chi connectivity index (χ2n) is 5.72. The number of benzene rings is 2. The molecule has 3 rings (SSSR count). The van der Waals surface area contributed by atoms with Crippen LogP contribution >= 0.6 is 0 Å². The molecule has 1 aliphatic rings. The van der Waals surface area contributed by atoms with Crippen LogP contribution in [0.2, 0.25) is 0 Å². The molecule has 0 saturated heterocycles. The van der Waals surface area contributed by atoms with E-state index in [1.54, 1.807) is 6.92 Å². The Kier molecular flexibility index (Phi) is 3.91. The van der Waals surface area contributed by atoms with Crippen molar-refractivity contribution in [3.05, 3.63) is 64.7 Å². The fraction of sp³-hybridized carbons (Fsp3) is 0.333. The highest BCUT2D eigenvalue weighted by molar-refractivity contribution is 5.50. The van der Waals surface area contributed by atoms with Crippen LogP contribution in [0.3, 0.4) is 0 Å². The van der Waals surface area contributed by atoms with Crippen molar-refractivity contribution in [2.24, 2.45) is 0 Å². The van der Waals surface area contributed by atoms with Crippen LogP contribution in [0.1, 0.15) is 42.0 Å². The molecule has 1 nitrogen and oxygen atoms in total. The maximum Gasteiger partial charge on any atom is 0.146 e. The zero-order valence-electron chi connectivity index (χ0n) is 12.1. The lowest BCUT2D eigenvalue weighted by Gasteiger charge is -2.21. The molecule has 1 unspecified atom stereocenters. The van der Waals surface area contributed by atoms with Gasteiger partial charge in [-0.2, -0.15) is 0 Å². The molecule has 0 amide bonds. The van der Waals surface area contributed by atoms with E-state index in [4.69, 9.17) is 0 Å². The Labute approximate surface area is 124 Å². The molecule has 2 aromatic rings. The standard InChI is InChI=1S/C18H19F2N/c1-12-10-16(20)18(11-15(12)19)21-17-9-5-3-7-13-6-2-4-8-14(13)17/h2,4,6,8,10-11,17,21H,3,5,7,9H2,1H3. The number of anilines is 1. The van der Waals surface area contributed by atoms with Crippen molar-refractivity contribution < 1.29 is 8.78 Å². The Balaban J connectivity index is 1.93. The molecule has 110 valence electrons. The number of halogens is 2. The van der Waals surface area contributed by atoms with Gasteiger partial charge in [-0.1, -0.05) is 30.7 Å². The fourth-order valence-corrected chi connectivity index (χ4v) is 3.02. The van der Waals surface area contributed by atoms with E-state index >= 15 is 0 Å². The maximum absolute atomic E-state index is 14.0. The summed E-state index contributed by atoms with van der Waals surface area (Å²) in [6.45, 7) is 1.57. The van der Waals surface area contributed by atoms with Gasteiger partial charge in [0.25, 0.3) is 0 Å². The first kappa shape index (κ1) is 14.1. The summed E-state index contributed by atoms with van der Waals surface area (Å²) in [5, 5.41) is 3.20. The highest BCUT2D eigenvalue weighted by Gasteiger charge is 2.19. The predicted molar refractivity (Wildman–Crippen MR) is 81.5 cm³/mol. The van der Waals surface area contributed by atoms with Crippen molar-refractivity contribution in [1.82, 2.24) is 0 Å². The largest absolute Gasteiger partial charge is 0.376 e. The number of rotatable bonds is 2. The van der Waals surface area contributed by atoms with Gasteiger partial charge in [-0.3, -0.25) is 0 Å². The molecule has 21 heavy (non-hydrogen) atoms. The Morgan fingerprint density at radius 2 is 1.86 bits per heavy atom. The summed E-state index contributed by atoms with van der Waals surface area (Å²) in [5.74, 6) is -0.767. The number of hydrogen-bond donors (Lipinski definition) is 1. The van der Waals surface area contributed by atoms with Gasteiger partial charge in [0, 0.05) is 6.07 Å². The summed E-state index contributed by atoms with van der Waals surface area (Å²) < 4.78 is 27.7. The predicted octanol–water partition coefficient (Wildman–Crippen LogP) is 5.15. The van der Waals surface area contributed by atoms with Gasteiger partial charge in [0.2, 0.25) is 0 Å². The molecule has 1 atom stereocenters. The molecule has 1 N–H and O–H groups in total. The minimum Gasteiger partial charge on any atom is -0.376 e. The minimum absolute atomic E-state index is 0.0420. The Morgan fingerprint density at radius 1 is 1.05 bits per heavy atom. The van der Waals surface area contributed by atoms with Crippen molar-refractivity contribution in [3.8, 4) is 0 Å². The average molecular weight is 287 g/mol. The quantitative estimate of drug-likeness (QED) is 0.753. The third-order valence-electron chi connectivity index (χ3n) is 4.20. The maximum atomic E-state index is 14.0. The lowest BCUT2D eigenvalue weighted by molar-refractivity contribution is 0.587. The first-order valence-corrected chi connectivity index (χ1v) is 7.45. The molecule has 0 fully saturated rings. The normalized spacial score (nSPS) is 18.0. The first-order chi connectivity index (χ1) is 10.1. The summed E-state index contributed by atoms with van der Waals surface area (Å²) >= 11 is 0. The summed E-state index contributed by atoms with van der Waals surface area (Å²) in [6, 6.07) is 10.8. The zero-order chi connectivity index (χ0) is 14.8. The van der Waals surface area contributed by atoms with E-state index in [0.29, 0.717) is 5.56 Å². The molecule has 0 spiro atoms. The van der Waals surface area contributed by atoms with E-state index in [-0.39, 0.29) is 17.5 Å². The first-order valence-electron chi connectivity index (χ1n) is 7.45. The number of hydrogen-bond acceptors (Lipinski definition) is 1. The van der Waals surface area contributed by atoms with Gasteiger partial charge in [-0.25, -0.2) is 8.78 Å². The van der Waals surface area contributed by atoms with Crippen LogP contribution in [-0.2, 0) is 6.42 Å². The van der Waals surface area contributed by atoms with Crippen LogP contribution in [0.25, 0.3) is 0 Å². The molecule has 3 heteroatoms. The van der Waals surface area contributed by atoms with E-state index in [1.807, 2.05) is 12.1 Å². The van der Waals surface area contributed by atoms with Crippen LogP contribution < -0.4 is 5.32 Å². The van der Waals surface area contributed by atoms with Crippen LogP contribution in [0.4, 0.5) is 14.5 Å². The highest BCUT2D eigenvalue weighted by Crippen LogP contribution is 2.32. The topological polar surface area (TPSA) is 12.0 Å². The van der Waals surface area contributed by atoms with Crippen LogP contribution in [-0.4, -0.2) is 0 Å². The number of nitrogens with one attached hydrogen (secondary N) is 1. The van der Waals surface area contributed by atoms with E-state index in [9.17, 15) is 8.78 Å². The second-order valence-corrected chi connectivity index (χ2v) is 5.72. The van der Waals surface area contributed by atoms with Crippen molar-refractivity contribution in [1.29, 1.82) is 0 Å². The van der Waals surface area contributed by atoms with Crippen molar-refractivity contribution in [3.63, 3.8) is 0 Å². The minimum atomic E-state index is -0.393. The molecule has 0 saturated carbocycles. The Morgan fingerprint density at radius 3 is 2.71 bits per heavy atom. The van der Waals surface area contributed by atoms with Gasteiger partial charge < -0.3 is 5.32 Å². The van der Waals surface area contributed by atoms with Crippen molar-refractivity contribution in [2.45, 2.75) is 38.6 Å². The molecule has 0 heterocycles. The SMILES string of the molecule is Cc1cc(F)c(NC2CCCCc3ccccc32)cc1F. The smallest absolute Gasteiger partial charge is 0.146 e. The zero-order valence-corrected chi connectivity index (χ0v) is 12.1. The molecule has 2 aromatic carbocycles. The van der Waals surface area contributed by atoms with Gasteiger partial charge in [0.15, 0.2) is 0 Å². The molecule has 0 bridgehead atoms. The lowest BCUT2D eigenvalue weighted by Crippen LogP contribution is -2.12. The highest BCUT2D eigenvalue weighted by atomic mass is 19.1. The summed E-state index contributed by atoms with van der Waals surface area (Å²) in [7, 11) is 0. The second kappa shape index (κ2) is 5.84. The number of fused-ring (bicyclic) bond motifs is 1. The third kappa shape index (κ3) is 2.92. The lowest BCUT2D eigenvalue weighted by atomic mass is 9.99. The van der Waals surface area contributed by atoms with Gasteiger partial charge >= 0.3 is 0 Å². The monoisotopic (exact) mass is 287 g/mol. The fourth-order valence-electron chi connectivity index (χ4n) is 3.02. The average Bonchev–Trinajstić information content (AvgIpc) is 2.67. The summed E-state index contributed by atoms with van der Waals surface area (Å²) in [6.07, 6.45) is 4.22. The Hall–Kier alpha value is -1.90. The van der Waals surface area contributed by atoms with Gasteiger partial charge in [-0.05, 0) is 48.9 Å². The van der Waals surface area contributed by atoms with E-state index in [2.05, 4.69) is 17.4 Å². The van der Waals surface area contributed by atoms with Gasteiger partial charge in [0.1, 0.15) is 11.6 Å². The van der Waals surface area contributed by atoms with Gasteiger partial charge in [0.05, 0.1) is 11.7 Å². The van der Waals surface area contributed by atoms with E-state index < -0.39 is 5.82 Å².